The first kappa shape index (κ1) is 13.6. The van der Waals surface area contributed by atoms with E-state index in [9.17, 15) is 0 Å². The smallest absolute Gasteiger partial charge is 0.0116 e. The summed E-state index contributed by atoms with van der Waals surface area (Å²) in [4.78, 5) is 0. The summed E-state index contributed by atoms with van der Waals surface area (Å²) in [5.74, 6) is 0. The Morgan fingerprint density at radius 3 is 1.44 bits per heavy atom. The number of alkyl halides is 1. The van der Waals surface area contributed by atoms with Crippen molar-refractivity contribution in [1.82, 2.24) is 0 Å². The molecule has 0 bridgehead atoms. The second kappa shape index (κ2) is 7.57. The molecule has 2 aromatic carbocycles. The second-order valence-electron chi connectivity index (χ2n) is 4.65. The Hall–Kier alpha value is -0.830. The van der Waals surface area contributed by atoms with Crippen LogP contribution in [0.3, 0.4) is 0 Å². The molecule has 2 aromatic rings. The van der Waals surface area contributed by atoms with Crippen molar-refractivity contribution in [2.75, 3.05) is 0 Å². The quantitative estimate of drug-likeness (QED) is 0.505. The van der Waals surface area contributed by atoms with E-state index in [-0.39, 0.29) is 0 Å². The highest BCUT2D eigenvalue weighted by Gasteiger charge is 2.04. The zero-order chi connectivity index (χ0) is 12.6. The standard InChI is InChI=1S/C17H19I/c18-17(13-11-15-7-3-1-4-8-15)14-12-16-9-5-2-6-10-16/h1-10,17H,11-14H2. The average Bonchev–Trinajstić information content (AvgIpc) is 2.45. The Morgan fingerprint density at radius 2 is 1.06 bits per heavy atom. The van der Waals surface area contributed by atoms with Gasteiger partial charge in [0.1, 0.15) is 0 Å². The molecule has 2 rings (SSSR count). The van der Waals surface area contributed by atoms with Gasteiger partial charge < -0.3 is 0 Å². The molecule has 0 unspecified atom stereocenters. The van der Waals surface area contributed by atoms with Gasteiger partial charge in [-0.05, 0) is 36.8 Å². The number of hydrogen-bond donors (Lipinski definition) is 0. The molecule has 0 amide bonds. The Balaban J connectivity index is 1.71. The van der Waals surface area contributed by atoms with Crippen molar-refractivity contribution in [3.63, 3.8) is 0 Å². The molecule has 0 radical (unpaired) electrons. The molecule has 0 nitrogen and oxygen atoms in total. The van der Waals surface area contributed by atoms with Gasteiger partial charge in [0.25, 0.3) is 0 Å². The maximum atomic E-state index is 2.60. The van der Waals surface area contributed by atoms with Gasteiger partial charge in [-0.3, -0.25) is 0 Å². The van der Waals surface area contributed by atoms with Crippen LogP contribution in [0.1, 0.15) is 24.0 Å². The largest absolute Gasteiger partial charge is 0.0826 e. The number of benzene rings is 2. The van der Waals surface area contributed by atoms with Crippen LogP contribution in [0.5, 0.6) is 0 Å². The van der Waals surface area contributed by atoms with E-state index in [1.807, 2.05) is 0 Å². The molecule has 94 valence electrons. The summed E-state index contributed by atoms with van der Waals surface area (Å²) in [6, 6.07) is 21.6. The van der Waals surface area contributed by atoms with E-state index in [1.165, 1.54) is 36.8 Å². The third-order valence-electron chi connectivity index (χ3n) is 3.18. The summed E-state index contributed by atoms with van der Waals surface area (Å²) < 4.78 is 0.767. The fraction of sp³-hybridized carbons (Fsp3) is 0.294. The highest BCUT2D eigenvalue weighted by Crippen LogP contribution is 2.17. The van der Waals surface area contributed by atoms with Crippen molar-refractivity contribution < 1.29 is 0 Å². The maximum Gasteiger partial charge on any atom is 0.0116 e. The topological polar surface area (TPSA) is 0 Å². The maximum absolute atomic E-state index is 2.60. The molecule has 0 aliphatic heterocycles. The van der Waals surface area contributed by atoms with E-state index in [0.717, 1.165) is 3.92 Å². The van der Waals surface area contributed by atoms with Gasteiger partial charge in [0.05, 0.1) is 0 Å². The lowest BCUT2D eigenvalue weighted by Gasteiger charge is -2.09. The molecule has 0 atom stereocenters. The molecule has 0 fully saturated rings. The highest BCUT2D eigenvalue weighted by molar-refractivity contribution is 14.1. The summed E-state index contributed by atoms with van der Waals surface area (Å²) in [6.45, 7) is 0. The van der Waals surface area contributed by atoms with E-state index < -0.39 is 0 Å². The van der Waals surface area contributed by atoms with Crippen LogP contribution >= 0.6 is 22.6 Å². The molecular formula is C17H19I. The van der Waals surface area contributed by atoms with Crippen molar-refractivity contribution in [2.24, 2.45) is 0 Å². The van der Waals surface area contributed by atoms with E-state index in [0.29, 0.717) is 0 Å². The van der Waals surface area contributed by atoms with Crippen LogP contribution in [-0.4, -0.2) is 3.92 Å². The molecule has 0 spiro atoms. The van der Waals surface area contributed by atoms with Gasteiger partial charge in [0, 0.05) is 3.92 Å². The first-order valence-corrected chi connectivity index (χ1v) is 7.81. The summed E-state index contributed by atoms with van der Waals surface area (Å²) in [7, 11) is 0. The number of hydrogen-bond acceptors (Lipinski definition) is 0. The van der Waals surface area contributed by atoms with Gasteiger partial charge in [0.15, 0.2) is 0 Å². The molecule has 0 aliphatic carbocycles. The number of aryl methyl sites for hydroxylation is 2. The van der Waals surface area contributed by atoms with Crippen molar-refractivity contribution in [3.05, 3.63) is 71.8 Å². The van der Waals surface area contributed by atoms with Gasteiger partial charge >= 0.3 is 0 Å². The lowest BCUT2D eigenvalue weighted by Crippen LogP contribution is -2.02. The third kappa shape index (κ3) is 4.81. The average molecular weight is 350 g/mol. The molecule has 0 N–H and O–H groups in total. The molecule has 0 saturated carbocycles. The highest BCUT2D eigenvalue weighted by atomic mass is 127. The summed E-state index contributed by atoms with van der Waals surface area (Å²) in [5, 5.41) is 0. The SMILES string of the molecule is IC(CCc1ccccc1)CCc1ccccc1. The molecule has 0 saturated heterocycles. The number of rotatable bonds is 6. The van der Waals surface area contributed by atoms with Crippen LogP contribution in [0.2, 0.25) is 0 Å². The van der Waals surface area contributed by atoms with Crippen molar-refractivity contribution in [3.8, 4) is 0 Å². The van der Waals surface area contributed by atoms with E-state index >= 15 is 0 Å². The third-order valence-corrected chi connectivity index (χ3v) is 4.42. The van der Waals surface area contributed by atoms with Crippen LogP contribution in [0, 0.1) is 0 Å². The van der Waals surface area contributed by atoms with Crippen LogP contribution in [0.4, 0.5) is 0 Å². The fourth-order valence-corrected chi connectivity index (χ4v) is 2.70. The zero-order valence-corrected chi connectivity index (χ0v) is 12.7. The van der Waals surface area contributed by atoms with Crippen molar-refractivity contribution >= 4 is 22.6 Å². The van der Waals surface area contributed by atoms with Crippen molar-refractivity contribution in [2.45, 2.75) is 29.6 Å². The summed E-state index contributed by atoms with van der Waals surface area (Å²) >= 11 is 2.60. The first-order valence-electron chi connectivity index (χ1n) is 6.56. The second-order valence-corrected chi connectivity index (χ2v) is 6.41. The molecular weight excluding hydrogens is 331 g/mol. The Morgan fingerprint density at radius 1 is 0.667 bits per heavy atom. The summed E-state index contributed by atoms with van der Waals surface area (Å²) in [6.07, 6.45) is 4.95. The summed E-state index contributed by atoms with van der Waals surface area (Å²) in [5.41, 5.74) is 2.91. The predicted octanol–water partition coefficient (Wildman–Crippen LogP) is 5.06. The van der Waals surface area contributed by atoms with Crippen LogP contribution < -0.4 is 0 Å². The molecule has 18 heavy (non-hydrogen) atoms. The molecule has 0 aromatic heterocycles. The van der Waals surface area contributed by atoms with E-state index in [2.05, 4.69) is 83.3 Å². The minimum absolute atomic E-state index is 0.767. The normalized spacial score (nSPS) is 10.8. The lowest BCUT2D eigenvalue weighted by atomic mass is 10.0. The lowest BCUT2D eigenvalue weighted by molar-refractivity contribution is 0.717. The van der Waals surface area contributed by atoms with Crippen LogP contribution in [-0.2, 0) is 12.8 Å². The van der Waals surface area contributed by atoms with Gasteiger partial charge in [-0.1, -0.05) is 83.3 Å². The fourth-order valence-electron chi connectivity index (χ4n) is 2.08. The zero-order valence-electron chi connectivity index (χ0n) is 10.6. The monoisotopic (exact) mass is 350 g/mol. The minimum atomic E-state index is 0.767. The van der Waals surface area contributed by atoms with E-state index in [1.54, 1.807) is 0 Å². The first-order chi connectivity index (χ1) is 8.84. The minimum Gasteiger partial charge on any atom is -0.0826 e. The van der Waals surface area contributed by atoms with Gasteiger partial charge in [0.2, 0.25) is 0 Å². The number of halogens is 1. The van der Waals surface area contributed by atoms with Gasteiger partial charge in [-0.15, -0.1) is 0 Å². The van der Waals surface area contributed by atoms with Crippen LogP contribution in [0.15, 0.2) is 60.7 Å². The van der Waals surface area contributed by atoms with Crippen LogP contribution in [0.25, 0.3) is 0 Å². The van der Waals surface area contributed by atoms with E-state index in [4.69, 9.17) is 0 Å². The van der Waals surface area contributed by atoms with Crippen molar-refractivity contribution in [1.29, 1.82) is 0 Å². The predicted molar refractivity (Wildman–Crippen MR) is 87.3 cm³/mol. The van der Waals surface area contributed by atoms with Gasteiger partial charge in [-0.25, -0.2) is 0 Å². The van der Waals surface area contributed by atoms with Gasteiger partial charge in [-0.2, -0.15) is 0 Å². The molecule has 0 heterocycles. The molecule has 0 aliphatic rings. The molecule has 1 heteroatoms. The Bertz CT molecular complexity index is 392. The Kier molecular flexibility index (Phi) is 5.72. The Labute approximate surface area is 124 Å².